The minimum Gasteiger partial charge on any atom is -0.494 e. The number of anilines is 4. The number of hydrogen-bond donors (Lipinski definition) is 2. The molecule has 1 aliphatic heterocycles. The van der Waals surface area contributed by atoms with Crippen molar-refractivity contribution in [3.05, 3.63) is 72.3 Å². The predicted molar refractivity (Wildman–Crippen MR) is 141 cm³/mol. The highest BCUT2D eigenvalue weighted by molar-refractivity contribution is 6.31. The van der Waals surface area contributed by atoms with Crippen LogP contribution in [0.4, 0.5) is 22.9 Å². The molecule has 0 radical (unpaired) electrons. The molecular weight excluding hydrogens is 466 g/mol. The summed E-state index contributed by atoms with van der Waals surface area (Å²) in [6, 6.07) is 16.5. The van der Waals surface area contributed by atoms with Crippen molar-refractivity contribution < 1.29 is 14.3 Å². The van der Waals surface area contributed by atoms with Crippen LogP contribution >= 0.6 is 11.6 Å². The number of pyridine rings is 1. The smallest absolute Gasteiger partial charge is 0.247 e. The summed E-state index contributed by atoms with van der Waals surface area (Å²) in [4.78, 5) is 20.8. The van der Waals surface area contributed by atoms with Gasteiger partial charge in [-0.2, -0.15) is 4.98 Å². The number of hydrogen-bond acceptors (Lipinski definition) is 7. The Morgan fingerprint density at radius 1 is 1.11 bits per heavy atom. The van der Waals surface area contributed by atoms with Crippen molar-refractivity contribution in [1.29, 1.82) is 0 Å². The first-order chi connectivity index (χ1) is 16.9. The van der Waals surface area contributed by atoms with E-state index < -0.39 is 0 Å². The number of amides is 1. The molecule has 0 atom stereocenters. The minimum absolute atomic E-state index is 0.233. The van der Waals surface area contributed by atoms with E-state index in [4.69, 9.17) is 21.1 Å². The Labute approximate surface area is 210 Å². The highest BCUT2D eigenvalue weighted by atomic mass is 35.5. The normalized spacial score (nSPS) is 13.7. The van der Waals surface area contributed by atoms with E-state index >= 15 is 0 Å². The van der Waals surface area contributed by atoms with Crippen LogP contribution in [0.15, 0.2) is 67.3 Å². The number of nitrogens with zero attached hydrogens (tertiary/aromatic N) is 3. The van der Waals surface area contributed by atoms with E-state index in [0.717, 1.165) is 37.6 Å². The summed E-state index contributed by atoms with van der Waals surface area (Å²) in [7, 11) is 3.79. The lowest BCUT2D eigenvalue weighted by Crippen LogP contribution is -2.44. The van der Waals surface area contributed by atoms with Gasteiger partial charge in [-0.3, -0.25) is 4.79 Å². The first kappa shape index (κ1) is 24.4. The van der Waals surface area contributed by atoms with Crippen molar-refractivity contribution >= 4 is 40.4 Å². The molecule has 1 saturated heterocycles. The van der Waals surface area contributed by atoms with Crippen molar-refractivity contribution in [3.8, 4) is 17.4 Å². The molecule has 0 saturated carbocycles. The summed E-state index contributed by atoms with van der Waals surface area (Å²) in [5, 5.41) is 6.34. The SMILES string of the molecule is C=CC(=O)Nc1cccc(Oc2nc(Nc3ccc(N4CCN(C)CC4)cc3OC)ccc2Cl)c1. The number of methoxy groups -OCH3 is 1. The zero-order valence-electron chi connectivity index (χ0n) is 19.8. The third kappa shape index (κ3) is 6.23. The largest absolute Gasteiger partial charge is 0.494 e. The van der Waals surface area contributed by atoms with E-state index in [0.29, 0.717) is 28.0 Å². The van der Waals surface area contributed by atoms with E-state index in [1.807, 2.05) is 12.1 Å². The van der Waals surface area contributed by atoms with E-state index in [-0.39, 0.29) is 11.8 Å². The molecular formula is C26H28ClN5O3. The zero-order chi connectivity index (χ0) is 24.8. The fourth-order valence-corrected chi connectivity index (χ4v) is 3.83. The van der Waals surface area contributed by atoms with Gasteiger partial charge >= 0.3 is 0 Å². The van der Waals surface area contributed by atoms with Gasteiger partial charge in [-0.25, -0.2) is 0 Å². The molecule has 35 heavy (non-hydrogen) atoms. The number of rotatable bonds is 8. The Kier molecular flexibility index (Phi) is 7.74. The third-order valence-electron chi connectivity index (χ3n) is 5.63. The number of nitrogens with one attached hydrogen (secondary N) is 2. The average molecular weight is 494 g/mol. The average Bonchev–Trinajstić information content (AvgIpc) is 2.87. The maximum absolute atomic E-state index is 11.6. The van der Waals surface area contributed by atoms with Crippen LogP contribution in [-0.2, 0) is 4.79 Å². The maximum atomic E-state index is 11.6. The number of likely N-dealkylation sites (N-methyl/N-ethyl adjacent to an activating group) is 1. The van der Waals surface area contributed by atoms with Gasteiger partial charge in [-0.05, 0) is 49.5 Å². The van der Waals surface area contributed by atoms with Crippen LogP contribution < -0.4 is 25.0 Å². The fraction of sp³-hybridized carbons (Fsp3) is 0.231. The lowest BCUT2D eigenvalue weighted by molar-refractivity contribution is -0.111. The van der Waals surface area contributed by atoms with Crippen molar-refractivity contribution in [2.45, 2.75) is 0 Å². The standard InChI is InChI=1S/C26H28ClN5O3/c1-4-25(33)28-18-6-5-7-20(16-18)35-26-21(27)9-11-24(30-26)29-22-10-8-19(17-23(22)34-3)32-14-12-31(2)13-15-32/h4-11,16-17H,1,12-15H2,2-3H3,(H,28,33)(H,29,30). The molecule has 2 N–H and O–H groups in total. The molecule has 182 valence electrons. The molecule has 0 aliphatic carbocycles. The Bertz CT molecular complexity index is 1210. The second-order valence-electron chi connectivity index (χ2n) is 8.11. The molecule has 1 aromatic heterocycles. The summed E-state index contributed by atoms with van der Waals surface area (Å²) in [5.41, 5.74) is 2.47. The minimum atomic E-state index is -0.308. The quantitative estimate of drug-likeness (QED) is 0.420. The third-order valence-corrected chi connectivity index (χ3v) is 5.92. The van der Waals surface area contributed by atoms with Crippen LogP contribution in [0.1, 0.15) is 0 Å². The lowest BCUT2D eigenvalue weighted by Gasteiger charge is -2.34. The molecule has 2 aromatic carbocycles. The van der Waals surface area contributed by atoms with E-state index in [1.54, 1.807) is 43.5 Å². The number of carbonyl (C=O) groups is 1. The molecule has 4 rings (SSSR count). The Hall–Kier alpha value is -3.75. The maximum Gasteiger partial charge on any atom is 0.247 e. The van der Waals surface area contributed by atoms with Crippen LogP contribution in [-0.4, -0.2) is 56.1 Å². The molecule has 0 spiro atoms. The summed E-state index contributed by atoms with van der Waals surface area (Å²) in [6.07, 6.45) is 1.20. The summed E-state index contributed by atoms with van der Waals surface area (Å²) < 4.78 is 11.6. The molecule has 2 heterocycles. The lowest BCUT2D eigenvalue weighted by atomic mass is 10.2. The Morgan fingerprint density at radius 3 is 2.66 bits per heavy atom. The van der Waals surface area contributed by atoms with Gasteiger partial charge in [0.1, 0.15) is 22.3 Å². The Balaban J connectivity index is 1.50. The number of benzene rings is 2. The summed E-state index contributed by atoms with van der Waals surface area (Å²) in [5.74, 6) is 1.67. The summed E-state index contributed by atoms with van der Waals surface area (Å²) >= 11 is 6.34. The van der Waals surface area contributed by atoms with Crippen LogP contribution in [0.2, 0.25) is 5.02 Å². The van der Waals surface area contributed by atoms with Gasteiger partial charge in [0.2, 0.25) is 11.8 Å². The van der Waals surface area contributed by atoms with Gasteiger partial charge in [0.15, 0.2) is 0 Å². The van der Waals surface area contributed by atoms with E-state index in [9.17, 15) is 4.79 Å². The monoisotopic (exact) mass is 493 g/mol. The van der Waals surface area contributed by atoms with Crippen molar-refractivity contribution in [2.24, 2.45) is 0 Å². The van der Waals surface area contributed by atoms with Gasteiger partial charge in [0.05, 0.1) is 12.8 Å². The number of aromatic nitrogens is 1. The Morgan fingerprint density at radius 2 is 1.91 bits per heavy atom. The van der Waals surface area contributed by atoms with Crippen molar-refractivity contribution in [2.75, 3.05) is 55.9 Å². The van der Waals surface area contributed by atoms with E-state index in [2.05, 4.69) is 45.1 Å². The van der Waals surface area contributed by atoms with Gasteiger partial charge in [-0.1, -0.05) is 24.2 Å². The first-order valence-corrected chi connectivity index (χ1v) is 11.6. The second kappa shape index (κ2) is 11.1. The molecule has 0 bridgehead atoms. The zero-order valence-corrected chi connectivity index (χ0v) is 20.5. The fourth-order valence-electron chi connectivity index (χ4n) is 3.69. The van der Waals surface area contributed by atoms with Gasteiger partial charge in [0, 0.05) is 49.7 Å². The molecule has 8 nitrogen and oxygen atoms in total. The molecule has 0 unspecified atom stereocenters. The highest BCUT2D eigenvalue weighted by Gasteiger charge is 2.16. The van der Waals surface area contributed by atoms with Crippen molar-refractivity contribution in [3.63, 3.8) is 0 Å². The number of ether oxygens (including phenoxy) is 2. The molecule has 1 amide bonds. The number of halogens is 1. The number of carbonyl (C=O) groups excluding carboxylic acids is 1. The van der Waals surface area contributed by atoms with Gasteiger partial charge in [0.25, 0.3) is 0 Å². The van der Waals surface area contributed by atoms with Crippen LogP contribution in [0.5, 0.6) is 17.4 Å². The van der Waals surface area contributed by atoms with Crippen LogP contribution in [0.3, 0.4) is 0 Å². The van der Waals surface area contributed by atoms with Crippen LogP contribution in [0.25, 0.3) is 0 Å². The summed E-state index contributed by atoms with van der Waals surface area (Å²) in [6.45, 7) is 7.47. The van der Waals surface area contributed by atoms with Gasteiger partial charge in [-0.15, -0.1) is 0 Å². The van der Waals surface area contributed by atoms with Gasteiger partial charge < -0.3 is 29.9 Å². The topological polar surface area (TPSA) is 79.0 Å². The molecule has 9 heteroatoms. The van der Waals surface area contributed by atoms with Crippen LogP contribution in [0, 0.1) is 0 Å². The number of piperazine rings is 1. The molecule has 1 aliphatic rings. The van der Waals surface area contributed by atoms with Crippen molar-refractivity contribution in [1.82, 2.24) is 9.88 Å². The highest BCUT2D eigenvalue weighted by Crippen LogP contribution is 2.34. The predicted octanol–water partition coefficient (Wildman–Crippen LogP) is 5.16. The molecule has 3 aromatic rings. The second-order valence-corrected chi connectivity index (χ2v) is 8.51. The molecule has 1 fully saturated rings. The first-order valence-electron chi connectivity index (χ1n) is 11.2. The van der Waals surface area contributed by atoms with E-state index in [1.165, 1.54) is 6.08 Å².